The first-order valence-corrected chi connectivity index (χ1v) is 8.54. The van der Waals surface area contributed by atoms with Gasteiger partial charge in [0, 0.05) is 11.5 Å². The molecule has 0 amide bonds. The van der Waals surface area contributed by atoms with Gasteiger partial charge in [-0.1, -0.05) is 48.6 Å². The van der Waals surface area contributed by atoms with Crippen LogP contribution in [0.4, 0.5) is 13.2 Å². The van der Waals surface area contributed by atoms with Crippen LogP contribution in [0.3, 0.4) is 0 Å². The Morgan fingerprint density at radius 2 is 1.46 bits per heavy atom. The summed E-state index contributed by atoms with van der Waals surface area (Å²) in [7, 11) is 3.16. The number of alkyl halides is 3. The second kappa shape index (κ2) is 8.94. The Balaban J connectivity index is 0.000000228. The fourth-order valence-corrected chi connectivity index (χ4v) is 2.89. The lowest BCUT2D eigenvalue weighted by atomic mass is 9.99. The van der Waals surface area contributed by atoms with Crippen molar-refractivity contribution >= 4 is 15.9 Å². The van der Waals surface area contributed by atoms with Gasteiger partial charge in [0.2, 0.25) is 0 Å². The number of halogens is 4. The van der Waals surface area contributed by atoms with Gasteiger partial charge in [-0.05, 0) is 34.1 Å². The molecule has 0 heterocycles. The molecule has 138 valence electrons. The second-order valence-corrected chi connectivity index (χ2v) is 6.24. The van der Waals surface area contributed by atoms with E-state index in [1.54, 1.807) is 31.4 Å². The van der Waals surface area contributed by atoms with Crippen LogP contribution in [0.1, 0.15) is 11.5 Å². The zero-order valence-corrected chi connectivity index (χ0v) is 15.8. The smallest absolute Gasteiger partial charge is 0.416 e. The molecule has 6 heteroatoms. The van der Waals surface area contributed by atoms with Crippen molar-refractivity contribution in [2.24, 2.45) is 0 Å². The fourth-order valence-electron chi connectivity index (χ4n) is 2.45. The first-order valence-electron chi connectivity index (χ1n) is 7.75. The minimum absolute atomic E-state index is 0.372. The maximum atomic E-state index is 12.5. The monoisotopic (exact) mass is 426 g/mol. The van der Waals surface area contributed by atoms with Crippen LogP contribution < -0.4 is 9.47 Å². The Hall–Kier alpha value is -2.21. The highest BCUT2D eigenvalue weighted by Gasteiger charge is 2.34. The third-order valence-electron chi connectivity index (χ3n) is 3.72. The van der Waals surface area contributed by atoms with Crippen LogP contribution in [-0.4, -0.2) is 20.4 Å². The number of ether oxygens (including phenoxy) is 2. The highest BCUT2D eigenvalue weighted by Crippen LogP contribution is 2.38. The lowest BCUT2D eigenvalue weighted by Crippen LogP contribution is -2.08. The normalized spacial score (nSPS) is 15.8. The van der Waals surface area contributed by atoms with Crippen LogP contribution in [-0.2, 0) is 0 Å². The molecular weight excluding hydrogens is 409 g/mol. The Labute approximate surface area is 159 Å². The Kier molecular flexibility index (Phi) is 6.91. The molecule has 2 aromatic carbocycles. The number of hydrogen-bond acceptors (Lipinski definition) is 2. The van der Waals surface area contributed by atoms with Crippen molar-refractivity contribution in [1.82, 2.24) is 0 Å². The van der Waals surface area contributed by atoms with E-state index in [2.05, 4.69) is 15.9 Å². The second-order valence-electron chi connectivity index (χ2n) is 5.38. The largest absolute Gasteiger partial charge is 0.496 e. The summed E-state index contributed by atoms with van der Waals surface area (Å²) in [5.74, 6) is 1.10. The number of para-hydroxylation sites is 2. The van der Waals surface area contributed by atoms with Gasteiger partial charge in [0.1, 0.15) is 11.5 Å². The maximum Gasteiger partial charge on any atom is 0.416 e. The number of allylic oxidation sites excluding steroid dienone is 4. The Bertz CT molecular complexity index is 798. The van der Waals surface area contributed by atoms with Crippen molar-refractivity contribution in [3.05, 3.63) is 82.4 Å². The van der Waals surface area contributed by atoms with E-state index in [0.717, 1.165) is 21.9 Å². The van der Waals surface area contributed by atoms with Crippen LogP contribution >= 0.6 is 15.9 Å². The molecule has 0 aromatic heterocycles. The maximum absolute atomic E-state index is 12.5. The molecular formula is C20H18BrF3O2. The SMILES string of the molecule is COc1ccccc1Br.COc1ccccc1C1C=CC(C(F)(F)F)=C1. The Morgan fingerprint density at radius 1 is 0.885 bits per heavy atom. The van der Waals surface area contributed by atoms with E-state index in [1.807, 2.05) is 24.3 Å². The summed E-state index contributed by atoms with van der Waals surface area (Å²) in [5, 5.41) is 0. The molecule has 0 saturated heterocycles. The van der Waals surface area contributed by atoms with Gasteiger partial charge in [-0.2, -0.15) is 13.2 Å². The summed E-state index contributed by atoms with van der Waals surface area (Å²) in [6, 6.07) is 14.8. The molecule has 0 saturated carbocycles. The average Bonchev–Trinajstić information content (AvgIpc) is 3.13. The molecule has 0 fully saturated rings. The van der Waals surface area contributed by atoms with E-state index in [1.165, 1.54) is 19.3 Å². The highest BCUT2D eigenvalue weighted by atomic mass is 79.9. The summed E-state index contributed by atoms with van der Waals surface area (Å²) >= 11 is 3.33. The highest BCUT2D eigenvalue weighted by molar-refractivity contribution is 9.10. The van der Waals surface area contributed by atoms with Gasteiger partial charge in [-0.15, -0.1) is 0 Å². The van der Waals surface area contributed by atoms with E-state index in [4.69, 9.17) is 9.47 Å². The predicted octanol–water partition coefficient (Wildman–Crippen LogP) is 6.30. The minimum atomic E-state index is -4.28. The summed E-state index contributed by atoms with van der Waals surface area (Å²) in [5.41, 5.74) is 0.138. The van der Waals surface area contributed by atoms with Gasteiger partial charge in [0.15, 0.2) is 0 Å². The van der Waals surface area contributed by atoms with Crippen LogP contribution in [0, 0.1) is 0 Å². The third-order valence-corrected chi connectivity index (χ3v) is 4.38. The molecule has 2 nitrogen and oxygen atoms in total. The van der Waals surface area contributed by atoms with E-state index in [9.17, 15) is 13.2 Å². The zero-order chi connectivity index (χ0) is 19.2. The standard InChI is InChI=1S/C13H11F3O.C7H7BrO/c1-17-12-5-3-2-4-11(12)9-6-7-10(8-9)13(14,15)16;1-9-7-5-3-2-4-6(7)8/h2-9H,1H3;2-5H,1H3. The van der Waals surface area contributed by atoms with Gasteiger partial charge in [-0.3, -0.25) is 0 Å². The van der Waals surface area contributed by atoms with Crippen molar-refractivity contribution in [1.29, 1.82) is 0 Å². The van der Waals surface area contributed by atoms with E-state index in [0.29, 0.717) is 5.75 Å². The molecule has 1 unspecified atom stereocenters. The first kappa shape index (κ1) is 20.1. The summed E-state index contributed by atoms with van der Waals surface area (Å²) in [6.07, 6.45) is -0.442. The molecule has 2 aromatic rings. The van der Waals surface area contributed by atoms with Gasteiger partial charge in [0.05, 0.1) is 24.3 Å². The zero-order valence-electron chi connectivity index (χ0n) is 14.3. The number of rotatable bonds is 3. The first-order chi connectivity index (χ1) is 12.4. The quantitative estimate of drug-likeness (QED) is 0.573. The summed E-state index contributed by atoms with van der Waals surface area (Å²) < 4.78 is 48.6. The average molecular weight is 427 g/mol. The van der Waals surface area contributed by atoms with Crippen molar-refractivity contribution in [2.45, 2.75) is 12.1 Å². The number of benzene rings is 2. The fraction of sp³-hybridized carbons (Fsp3) is 0.200. The molecule has 3 rings (SSSR count). The molecule has 0 aliphatic heterocycles. The lowest BCUT2D eigenvalue weighted by molar-refractivity contribution is -0.0881. The molecule has 0 bridgehead atoms. The molecule has 1 atom stereocenters. The van der Waals surface area contributed by atoms with E-state index in [-0.39, 0.29) is 5.92 Å². The predicted molar refractivity (Wildman–Crippen MR) is 99.7 cm³/mol. The minimum Gasteiger partial charge on any atom is -0.496 e. The van der Waals surface area contributed by atoms with Crippen molar-refractivity contribution in [3.8, 4) is 11.5 Å². The van der Waals surface area contributed by atoms with Gasteiger partial charge in [-0.25, -0.2) is 0 Å². The van der Waals surface area contributed by atoms with Crippen LogP contribution in [0.15, 0.2) is 76.8 Å². The van der Waals surface area contributed by atoms with E-state index >= 15 is 0 Å². The molecule has 0 radical (unpaired) electrons. The number of hydrogen-bond donors (Lipinski definition) is 0. The Morgan fingerprint density at radius 3 is 1.96 bits per heavy atom. The number of methoxy groups -OCH3 is 2. The van der Waals surface area contributed by atoms with Crippen molar-refractivity contribution < 1.29 is 22.6 Å². The molecule has 0 spiro atoms. The summed E-state index contributed by atoms with van der Waals surface area (Å²) in [6.45, 7) is 0. The van der Waals surface area contributed by atoms with E-state index < -0.39 is 11.7 Å². The van der Waals surface area contributed by atoms with Crippen LogP contribution in [0.25, 0.3) is 0 Å². The van der Waals surface area contributed by atoms with Gasteiger partial charge < -0.3 is 9.47 Å². The van der Waals surface area contributed by atoms with Crippen molar-refractivity contribution in [2.75, 3.05) is 14.2 Å². The molecule has 1 aliphatic carbocycles. The molecule has 1 aliphatic rings. The van der Waals surface area contributed by atoms with Crippen LogP contribution in [0.5, 0.6) is 11.5 Å². The topological polar surface area (TPSA) is 18.5 Å². The third kappa shape index (κ3) is 5.14. The van der Waals surface area contributed by atoms with Crippen molar-refractivity contribution in [3.63, 3.8) is 0 Å². The van der Waals surface area contributed by atoms with Gasteiger partial charge >= 0.3 is 6.18 Å². The lowest BCUT2D eigenvalue weighted by Gasteiger charge is -2.11. The molecule has 0 N–H and O–H groups in total. The summed E-state index contributed by atoms with van der Waals surface area (Å²) in [4.78, 5) is 0. The van der Waals surface area contributed by atoms with Gasteiger partial charge in [0.25, 0.3) is 0 Å². The molecule has 26 heavy (non-hydrogen) atoms. The van der Waals surface area contributed by atoms with Crippen LogP contribution in [0.2, 0.25) is 0 Å².